The first-order chi connectivity index (χ1) is 10.4. The van der Waals surface area contributed by atoms with E-state index in [9.17, 15) is 0 Å². The molecule has 4 heteroatoms. The predicted octanol–water partition coefficient (Wildman–Crippen LogP) is 4.21. The summed E-state index contributed by atoms with van der Waals surface area (Å²) in [4.78, 5) is 4.28. The first-order valence-electron chi connectivity index (χ1n) is 7.76. The molecule has 1 N–H and O–H groups in total. The van der Waals surface area contributed by atoms with Crippen molar-refractivity contribution in [3.05, 3.63) is 47.9 Å². The summed E-state index contributed by atoms with van der Waals surface area (Å²) in [6, 6.07) is 9.22. The molecule has 112 valence electrons. The van der Waals surface area contributed by atoms with Crippen molar-refractivity contribution >= 4 is 11.8 Å². The SMILES string of the molecule is CCCNC1c2ccccc2CCCC1Sc1ncco1. The molecule has 0 bridgehead atoms. The van der Waals surface area contributed by atoms with Crippen LogP contribution < -0.4 is 5.32 Å². The Morgan fingerprint density at radius 1 is 1.38 bits per heavy atom. The second kappa shape index (κ2) is 7.14. The van der Waals surface area contributed by atoms with Gasteiger partial charge < -0.3 is 9.73 Å². The molecule has 1 aliphatic carbocycles. The highest BCUT2D eigenvalue weighted by atomic mass is 32.2. The van der Waals surface area contributed by atoms with Gasteiger partial charge in [0.05, 0.1) is 6.20 Å². The molecule has 2 unspecified atom stereocenters. The van der Waals surface area contributed by atoms with Crippen LogP contribution >= 0.6 is 11.8 Å². The van der Waals surface area contributed by atoms with Crippen molar-refractivity contribution in [2.45, 2.75) is 49.1 Å². The molecule has 0 spiro atoms. The summed E-state index contributed by atoms with van der Waals surface area (Å²) in [6.45, 7) is 3.26. The van der Waals surface area contributed by atoms with Crippen LogP contribution in [0.5, 0.6) is 0 Å². The maximum Gasteiger partial charge on any atom is 0.255 e. The fourth-order valence-corrected chi connectivity index (χ4v) is 4.15. The molecular weight excluding hydrogens is 280 g/mol. The molecule has 1 aromatic heterocycles. The maximum absolute atomic E-state index is 5.44. The van der Waals surface area contributed by atoms with E-state index in [-0.39, 0.29) is 0 Å². The molecule has 0 fully saturated rings. The lowest BCUT2D eigenvalue weighted by Crippen LogP contribution is -2.30. The Balaban J connectivity index is 1.86. The molecular formula is C17H22N2OS. The molecule has 2 atom stereocenters. The smallest absolute Gasteiger partial charge is 0.255 e. The van der Waals surface area contributed by atoms with E-state index in [0.717, 1.165) is 18.2 Å². The van der Waals surface area contributed by atoms with Gasteiger partial charge in [0.2, 0.25) is 0 Å². The number of hydrogen-bond donors (Lipinski definition) is 1. The largest absolute Gasteiger partial charge is 0.440 e. The van der Waals surface area contributed by atoms with Crippen LogP contribution in [0.3, 0.4) is 0 Å². The summed E-state index contributed by atoms with van der Waals surface area (Å²) in [5.74, 6) is 0. The van der Waals surface area contributed by atoms with Gasteiger partial charge in [0.15, 0.2) is 0 Å². The van der Waals surface area contributed by atoms with Gasteiger partial charge in [-0.1, -0.05) is 43.0 Å². The number of benzene rings is 1. The van der Waals surface area contributed by atoms with Crippen molar-refractivity contribution in [1.82, 2.24) is 10.3 Å². The zero-order valence-electron chi connectivity index (χ0n) is 12.4. The second-order valence-corrected chi connectivity index (χ2v) is 6.67. The molecule has 3 rings (SSSR count). The van der Waals surface area contributed by atoms with Crippen LogP contribution in [0.25, 0.3) is 0 Å². The first-order valence-corrected chi connectivity index (χ1v) is 8.63. The number of aromatic nitrogens is 1. The number of oxazole rings is 1. The third kappa shape index (κ3) is 3.50. The summed E-state index contributed by atoms with van der Waals surface area (Å²) in [5, 5.41) is 4.99. The minimum absolute atomic E-state index is 0.376. The van der Waals surface area contributed by atoms with Gasteiger partial charge in [0, 0.05) is 11.3 Å². The zero-order chi connectivity index (χ0) is 14.5. The first kappa shape index (κ1) is 14.7. The van der Waals surface area contributed by atoms with Gasteiger partial charge >= 0.3 is 0 Å². The fourth-order valence-electron chi connectivity index (χ4n) is 2.99. The Morgan fingerprint density at radius 2 is 2.29 bits per heavy atom. The van der Waals surface area contributed by atoms with Crippen molar-refractivity contribution in [3.63, 3.8) is 0 Å². The van der Waals surface area contributed by atoms with Gasteiger partial charge in [-0.25, -0.2) is 4.98 Å². The summed E-state index contributed by atoms with van der Waals surface area (Å²) in [5.41, 5.74) is 2.94. The molecule has 0 radical (unpaired) electrons. The molecule has 0 aliphatic heterocycles. The van der Waals surface area contributed by atoms with Crippen LogP contribution in [0.4, 0.5) is 0 Å². The highest BCUT2D eigenvalue weighted by Crippen LogP contribution is 2.38. The summed E-state index contributed by atoms with van der Waals surface area (Å²) >= 11 is 1.77. The van der Waals surface area contributed by atoms with Crippen molar-refractivity contribution in [1.29, 1.82) is 0 Å². The van der Waals surface area contributed by atoms with Crippen molar-refractivity contribution in [2.24, 2.45) is 0 Å². The number of thioether (sulfide) groups is 1. The van der Waals surface area contributed by atoms with E-state index < -0.39 is 0 Å². The number of rotatable bonds is 5. The lowest BCUT2D eigenvalue weighted by molar-refractivity contribution is 0.446. The normalized spacial score (nSPS) is 21.8. The number of hydrogen-bond acceptors (Lipinski definition) is 4. The van der Waals surface area contributed by atoms with Crippen LogP contribution in [-0.4, -0.2) is 16.8 Å². The van der Waals surface area contributed by atoms with Gasteiger partial charge in [-0.3, -0.25) is 0 Å². The molecule has 0 saturated carbocycles. The van der Waals surface area contributed by atoms with Crippen LogP contribution in [0, 0.1) is 0 Å². The molecule has 2 aromatic rings. The summed E-state index contributed by atoms with van der Waals surface area (Å²) in [7, 11) is 0. The van der Waals surface area contributed by atoms with Gasteiger partial charge in [-0.2, -0.15) is 0 Å². The highest BCUT2D eigenvalue weighted by Gasteiger charge is 2.29. The van der Waals surface area contributed by atoms with E-state index in [1.807, 2.05) is 0 Å². The lowest BCUT2D eigenvalue weighted by atomic mass is 9.99. The molecule has 0 saturated heterocycles. The van der Waals surface area contributed by atoms with E-state index in [0.29, 0.717) is 11.3 Å². The van der Waals surface area contributed by atoms with E-state index >= 15 is 0 Å². The van der Waals surface area contributed by atoms with Gasteiger partial charge in [-0.05, 0) is 43.4 Å². The van der Waals surface area contributed by atoms with E-state index in [1.165, 1.54) is 30.4 Å². The standard InChI is InChI=1S/C17H22N2OS/c1-2-10-18-16-14-8-4-3-6-13(14)7-5-9-15(16)21-17-19-11-12-20-17/h3-4,6,8,11-12,15-16,18H,2,5,7,9-10H2,1H3. The third-order valence-electron chi connectivity index (χ3n) is 3.97. The Kier molecular flexibility index (Phi) is 4.99. The summed E-state index contributed by atoms with van der Waals surface area (Å²) < 4.78 is 5.44. The van der Waals surface area contributed by atoms with Crippen molar-refractivity contribution < 1.29 is 4.42 Å². The lowest BCUT2D eigenvalue weighted by Gasteiger charge is -2.26. The molecule has 1 aromatic carbocycles. The zero-order valence-corrected chi connectivity index (χ0v) is 13.2. The topological polar surface area (TPSA) is 38.1 Å². The van der Waals surface area contributed by atoms with Crippen LogP contribution in [0.15, 0.2) is 46.4 Å². The average molecular weight is 302 g/mol. The van der Waals surface area contributed by atoms with Gasteiger partial charge in [-0.15, -0.1) is 0 Å². The molecule has 1 heterocycles. The fraction of sp³-hybridized carbons (Fsp3) is 0.471. The Morgan fingerprint density at radius 3 is 3.10 bits per heavy atom. The van der Waals surface area contributed by atoms with Crippen molar-refractivity contribution in [3.8, 4) is 0 Å². The van der Waals surface area contributed by atoms with E-state index in [2.05, 4.69) is 41.5 Å². The van der Waals surface area contributed by atoms with Gasteiger partial charge in [0.25, 0.3) is 5.22 Å². The number of nitrogens with one attached hydrogen (secondary N) is 1. The second-order valence-electron chi connectivity index (χ2n) is 5.48. The molecule has 0 amide bonds. The monoisotopic (exact) mass is 302 g/mol. The number of fused-ring (bicyclic) bond motifs is 1. The Hall–Kier alpha value is -1.26. The minimum atomic E-state index is 0.376. The van der Waals surface area contributed by atoms with E-state index in [1.54, 1.807) is 24.2 Å². The number of aryl methyl sites for hydroxylation is 1. The third-order valence-corrected chi connectivity index (χ3v) is 5.19. The van der Waals surface area contributed by atoms with Crippen molar-refractivity contribution in [2.75, 3.05) is 6.54 Å². The Bertz CT molecular complexity index is 556. The van der Waals surface area contributed by atoms with E-state index in [4.69, 9.17) is 4.42 Å². The summed E-state index contributed by atoms with van der Waals surface area (Å²) in [6.07, 6.45) is 8.10. The quantitative estimate of drug-likeness (QED) is 0.840. The number of nitrogens with zero attached hydrogens (tertiary/aromatic N) is 1. The molecule has 21 heavy (non-hydrogen) atoms. The average Bonchev–Trinajstić information content (AvgIpc) is 2.95. The maximum atomic E-state index is 5.44. The van der Waals surface area contributed by atoms with Crippen LogP contribution in [0.2, 0.25) is 0 Å². The Labute approximate surface area is 130 Å². The molecule has 1 aliphatic rings. The van der Waals surface area contributed by atoms with Crippen LogP contribution in [0.1, 0.15) is 43.4 Å². The molecule has 3 nitrogen and oxygen atoms in total. The predicted molar refractivity (Wildman–Crippen MR) is 86.6 cm³/mol. The van der Waals surface area contributed by atoms with Crippen LogP contribution in [-0.2, 0) is 6.42 Å². The minimum Gasteiger partial charge on any atom is -0.440 e. The highest BCUT2D eigenvalue weighted by molar-refractivity contribution is 7.99. The van der Waals surface area contributed by atoms with Gasteiger partial charge in [0.1, 0.15) is 6.26 Å².